The molecule has 3 atom stereocenters. The van der Waals surface area contributed by atoms with Crippen molar-refractivity contribution in [1.82, 2.24) is 30.1 Å². The summed E-state index contributed by atoms with van der Waals surface area (Å²) in [6, 6.07) is 4.56. The van der Waals surface area contributed by atoms with E-state index in [4.69, 9.17) is 0 Å². The van der Waals surface area contributed by atoms with Gasteiger partial charge in [0.15, 0.2) is 5.69 Å². The quantitative estimate of drug-likeness (QED) is 0.602. The first-order chi connectivity index (χ1) is 16.9. The highest BCUT2D eigenvalue weighted by atomic mass is 16.3. The molecule has 1 aromatic carbocycles. The third-order valence-corrected chi connectivity index (χ3v) is 7.92. The molecule has 1 saturated carbocycles. The SMILES string of the molecule is O=C1CCC(N2Cc3cc(-n4cc(C(=O)N5CC6CCC(CO)(C6)C5)nn4)ccc3C2=O)C(=O)N1. The molecule has 6 rings (SSSR count). The van der Waals surface area contributed by atoms with E-state index in [1.165, 1.54) is 9.58 Å². The molecule has 0 radical (unpaired) electrons. The summed E-state index contributed by atoms with van der Waals surface area (Å²) >= 11 is 0. The summed E-state index contributed by atoms with van der Waals surface area (Å²) in [5.41, 5.74) is 1.95. The number of aromatic nitrogens is 3. The molecule has 3 aliphatic heterocycles. The van der Waals surface area contributed by atoms with E-state index in [1.54, 1.807) is 23.2 Å². The molecule has 11 nitrogen and oxygen atoms in total. The van der Waals surface area contributed by atoms with Crippen LogP contribution in [0.25, 0.3) is 5.69 Å². The molecule has 3 unspecified atom stereocenters. The second kappa shape index (κ2) is 7.98. The van der Waals surface area contributed by atoms with E-state index >= 15 is 0 Å². The molecule has 4 heterocycles. The molecular weight excluding hydrogens is 452 g/mol. The zero-order valence-electron chi connectivity index (χ0n) is 19.1. The first-order valence-corrected chi connectivity index (χ1v) is 12.0. The topological polar surface area (TPSA) is 138 Å². The molecule has 1 aromatic heterocycles. The van der Waals surface area contributed by atoms with Crippen molar-refractivity contribution < 1.29 is 24.3 Å². The van der Waals surface area contributed by atoms with E-state index in [2.05, 4.69) is 15.6 Å². The predicted octanol–water partition coefficient (Wildman–Crippen LogP) is 0.263. The monoisotopic (exact) mass is 478 g/mol. The second-order valence-electron chi connectivity index (χ2n) is 10.2. The van der Waals surface area contributed by atoms with Crippen LogP contribution in [0.4, 0.5) is 0 Å². The lowest BCUT2D eigenvalue weighted by molar-refractivity contribution is -0.136. The van der Waals surface area contributed by atoms with Gasteiger partial charge in [-0.3, -0.25) is 24.5 Å². The summed E-state index contributed by atoms with van der Waals surface area (Å²) in [6.45, 7) is 1.55. The van der Waals surface area contributed by atoms with Gasteiger partial charge in [0, 0.05) is 37.0 Å². The van der Waals surface area contributed by atoms with Gasteiger partial charge in [-0.15, -0.1) is 5.10 Å². The van der Waals surface area contributed by atoms with Crippen molar-refractivity contribution in [3.05, 3.63) is 41.2 Å². The van der Waals surface area contributed by atoms with Gasteiger partial charge in [0.25, 0.3) is 11.8 Å². The zero-order valence-corrected chi connectivity index (χ0v) is 19.1. The van der Waals surface area contributed by atoms with E-state index in [9.17, 15) is 24.3 Å². The Morgan fingerprint density at radius 1 is 1.23 bits per heavy atom. The van der Waals surface area contributed by atoms with Crippen LogP contribution in [0.1, 0.15) is 58.5 Å². The van der Waals surface area contributed by atoms with E-state index in [0.717, 1.165) is 24.8 Å². The van der Waals surface area contributed by atoms with Gasteiger partial charge in [-0.1, -0.05) is 5.21 Å². The number of aliphatic hydroxyl groups is 1. The summed E-state index contributed by atoms with van der Waals surface area (Å²) in [5, 5.41) is 20.4. The minimum atomic E-state index is -0.673. The predicted molar refractivity (Wildman–Crippen MR) is 120 cm³/mol. The van der Waals surface area contributed by atoms with Crippen LogP contribution in [0, 0.1) is 11.3 Å². The number of piperidine rings is 2. The van der Waals surface area contributed by atoms with Gasteiger partial charge in [-0.05, 0) is 55.4 Å². The maximum absolute atomic E-state index is 13.1. The van der Waals surface area contributed by atoms with Crippen LogP contribution in [-0.4, -0.2) is 79.3 Å². The molecule has 2 saturated heterocycles. The maximum atomic E-state index is 13.1. The number of imide groups is 1. The van der Waals surface area contributed by atoms with Gasteiger partial charge in [0.1, 0.15) is 6.04 Å². The number of likely N-dealkylation sites (tertiary alicyclic amines) is 1. The number of benzene rings is 1. The van der Waals surface area contributed by atoms with E-state index in [-0.39, 0.29) is 48.4 Å². The van der Waals surface area contributed by atoms with Crippen molar-refractivity contribution in [2.24, 2.45) is 11.3 Å². The largest absolute Gasteiger partial charge is 0.396 e. The molecular formula is C24H26N6O5. The Morgan fingerprint density at radius 2 is 2.09 bits per heavy atom. The Balaban J connectivity index is 1.20. The lowest BCUT2D eigenvalue weighted by atomic mass is 9.83. The number of fused-ring (bicyclic) bond motifs is 3. The Morgan fingerprint density at radius 3 is 2.89 bits per heavy atom. The fourth-order valence-corrected chi connectivity index (χ4v) is 6.11. The van der Waals surface area contributed by atoms with Gasteiger partial charge in [-0.25, -0.2) is 4.68 Å². The fraction of sp³-hybridized carbons (Fsp3) is 0.500. The number of hydrogen-bond acceptors (Lipinski definition) is 7. The number of rotatable bonds is 4. The Labute approximate surface area is 201 Å². The van der Waals surface area contributed by atoms with Crippen molar-refractivity contribution in [3.8, 4) is 5.69 Å². The standard InChI is InChI=1S/C24H26N6O5/c31-13-24-6-5-14(8-24)9-28(12-24)23(35)18-11-30(27-26-18)16-1-2-17-15(7-16)10-29(22(17)34)19-3-4-20(32)25-21(19)33/h1-2,7,11,14,19,31H,3-6,8-10,12-13H2,(H,25,32,33). The Kier molecular flexibility index (Phi) is 4.99. The average Bonchev–Trinajstić information content (AvgIpc) is 3.55. The first-order valence-electron chi connectivity index (χ1n) is 12.0. The average molecular weight is 479 g/mol. The Bertz CT molecular complexity index is 1260. The smallest absolute Gasteiger partial charge is 0.276 e. The third-order valence-electron chi connectivity index (χ3n) is 7.92. The van der Waals surface area contributed by atoms with Crippen LogP contribution in [0.15, 0.2) is 24.4 Å². The molecule has 11 heteroatoms. The van der Waals surface area contributed by atoms with Crippen molar-refractivity contribution >= 4 is 23.6 Å². The van der Waals surface area contributed by atoms with Crippen LogP contribution < -0.4 is 5.32 Å². The lowest BCUT2D eigenvalue weighted by Crippen LogP contribution is -2.52. The Hall–Kier alpha value is -3.60. The van der Waals surface area contributed by atoms with Crippen molar-refractivity contribution in [3.63, 3.8) is 0 Å². The normalized spacial score (nSPS) is 27.9. The summed E-state index contributed by atoms with van der Waals surface area (Å²) < 4.78 is 1.51. The number of hydrogen-bond donors (Lipinski definition) is 2. The highest BCUT2D eigenvalue weighted by molar-refractivity contribution is 6.05. The molecule has 2 N–H and O–H groups in total. The number of nitrogens with zero attached hydrogens (tertiary/aromatic N) is 5. The molecule has 4 aliphatic rings. The van der Waals surface area contributed by atoms with Gasteiger partial charge in [0.05, 0.1) is 18.5 Å². The van der Waals surface area contributed by atoms with E-state index in [0.29, 0.717) is 36.7 Å². The zero-order chi connectivity index (χ0) is 24.3. The number of amides is 4. The fourth-order valence-electron chi connectivity index (χ4n) is 6.11. The molecule has 0 spiro atoms. The van der Waals surface area contributed by atoms with Crippen molar-refractivity contribution in [2.45, 2.75) is 44.7 Å². The molecule has 3 fully saturated rings. The summed E-state index contributed by atoms with van der Waals surface area (Å²) in [7, 11) is 0. The van der Waals surface area contributed by atoms with Crippen LogP contribution in [0.2, 0.25) is 0 Å². The van der Waals surface area contributed by atoms with Gasteiger partial charge >= 0.3 is 0 Å². The van der Waals surface area contributed by atoms with Gasteiger partial charge < -0.3 is 14.9 Å². The molecule has 1 aliphatic carbocycles. The number of nitrogens with one attached hydrogen (secondary N) is 1. The lowest BCUT2D eigenvalue weighted by Gasteiger charge is -2.38. The first kappa shape index (κ1) is 21.9. The van der Waals surface area contributed by atoms with Crippen molar-refractivity contribution in [1.29, 1.82) is 0 Å². The van der Waals surface area contributed by atoms with E-state index < -0.39 is 11.9 Å². The maximum Gasteiger partial charge on any atom is 0.276 e. The summed E-state index contributed by atoms with van der Waals surface area (Å²) in [6.07, 6.45) is 5.02. The summed E-state index contributed by atoms with van der Waals surface area (Å²) in [5.74, 6) is -0.792. The molecule has 2 aromatic rings. The number of carbonyl (C=O) groups excluding carboxylic acids is 4. The highest BCUT2D eigenvalue weighted by Crippen LogP contribution is 2.46. The number of aliphatic hydroxyl groups excluding tert-OH is 1. The highest BCUT2D eigenvalue weighted by Gasteiger charge is 2.46. The minimum absolute atomic E-state index is 0.0870. The third kappa shape index (κ3) is 3.61. The summed E-state index contributed by atoms with van der Waals surface area (Å²) in [4.78, 5) is 53.0. The minimum Gasteiger partial charge on any atom is -0.396 e. The van der Waals surface area contributed by atoms with Gasteiger partial charge in [-0.2, -0.15) is 0 Å². The molecule has 4 amide bonds. The molecule has 2 bridgehead atoms. The van der Waals surface area contributed by atoms with Crippen molar-refractivity contribution in [2.75, 3.05) is 19.7 Å². The van der Waals surface area contributed by atoms with Crippen LogP contribution in [-0.2, 0) is 16.1 Å². The second-order valence-corrected chi connectivity index (χ2v) is 10.2. The van der Waals surface area contributed by atoms with Gasteiger partial charge in [0.2, 0.25) is 11.8 Å². The molecule has 182 valence electrons. The van der Waals surface area contributed by atoms with Crippen LogP contribution in [0.5, 0.6) is 0 Å². The van der Waals surface area contributed by atoms with Crippen LogP contribution >= 0.6 is 0 Å². The van der Waals surface area contributed by atoms with Crippen LogP contribution in [0.3, 0.4) is 0 Å². The number of carbonyl (C=O) groups is 4. The van der Waals surface area contributed by atoms with E-state index in [1.807, 2.05) is 6.07 Å². The molecule has 35 heavy (non-hydrogen) atoms.